The minimum atomic E-state index is -0.874. The number of carbonyl (C=O) groups is 3. The van der Waals surface area contributed by atoms with Gasteiger partial charge in [0.2, 0.25) is 5.91 Å². The number of benzene rings is 1. The molecule has 0 saturated carbocycles. The summed E-state index contributed by atoms with van der Waals surface area (Å²) in [5.41, 5.74) is 1.64. The molecule has 1 atom stereocenters. The summed E-state index contributed by atoms with van der Waals surface area (Å²) in [5, 5.41) is 0.260. The highest BCUT2D eigenvalue weighted by Gasteiger charge is 2.36. The summed E-state index contributed by atoms with van der Waals surface area (Å²) in [4.78, 5) is 37.2. The van der Waals surface area contributed by atoms with E-state index < -0.39 is 12.1 Å². The van der Waals surface area contributed by atoms with Gasteiger partial charge in [0.05, 0.1) is 24.2 Å². The van der Waals surface area contributed by atoms with Gasteiger partial charge in [-0.2, -0.15) is 0 Å². The van der Waals surface area contributed by atoms with E-state index in [1.165, 1.54) is 26.2 Å². The molecule has 0 aromatic heterocycles. The Hall–Kier alpha value is -2.34. The summed E-state index contributed by atoms with van der Waals surface area (Å²) >= 11 is 6.07. The van der Waals surface area contributed by atoms with Gasteiger partial charge in [-0.1, -0.05) is 17.2 Å². The van der Waals surface area contributed by atoms with Gasteiger partial charge in [-0.05, 0) is 32.9 Å². The fraction of sp³-hybridized carbons (Fsp3) is 0.353. The monoisotopic (exact) mass is 351 g/mol. The zero-order valence-corrected chi connectivity index (χ0v) is 14.6. The number of hydrogen-bond donors (Lipinski definition) is 0. The Balaban J connectivity index is 2.35. The van der Waals surface area contributed by atoms with Crippen molar-refractivity contribution < 1.29 is 23.9 Å². The van der Waals surface area contributed by atoms with E-state index in [1.807, 2.05) is 0 Å². The molecule has 1 heterocycles. The van der Waals surface area contributed by atoms with Crippen LogP contribution in [0.1, 0.15) is 27.2 Å². The lowest BCUT2D eigenvalue weighted by Crippen LogP contribution is -2.29. The van der Waals surface area contributed by atoms with E-state index in [4.69, 9.17) is 16.3 Å². The summed E-state index contributed by atoms with van der Waals surface area (Å²) in [5.74, 6) is -1.03. The lowest BCUT2D eigenvalue weighted by Gasteiger charge is -2.18. The van der Waals surface area contributed by atoms with Crippen molar-refractivity contribution in [3.05, 3.63) is 34.4 Å². The SMILES string of the molecule is COC(=O)C(C)Oc1cc(N2C(=O)CC(=C(C)C)C2=O)ccc1Cl. The first-order valence-corrected chi connectivity index (χ1v) is 7.71. The molecule has 0 radical (unpaired) electrons. The molecule has 1 fully saturated rings. The second-order valence-corrected chi connectivity index (χ2v) is 5.99. The van der Waals surface area contributed by atoms with Crippen molar-refractivity contribution in [1.29, 1.82) is 0 Å². The van der Waals surface area contributed by atoms with Gasteiger partial charge in [0.25, 0.3) is 5.91 Å². The minimum Gasteiger partial charge on any atom is -0.477 e. The van der Waals surface area contributed by atoms with E-state index in [0.717, 1.165) is 10.5 Å². The zero-order valence-electron chi connectivity index (χ0n) is 13.9. The number of hydrogen-bond acceptors (Lipinski definition) is 5. The number of imide groups is 1. The van der Waals surface area contributed by atoms with E-state index in [1.54, 1.807) is 19.9 Å². The number of halogens is 1. The highest BCUT2D eigenvalue weighted by Crippen LogP contribution is 2.34. The molecule has 2 amide bonds. The largest absolute Gasteiger partial charge is 0.477 e. The summed E-state index contributed by atoms with van der Waals surface area (Å²) < 4.78 is 10.1. The molecule has 24 heavy (non-hydrogen) atoms. The first-order valence-electron chi connectivity index (χ1n) is 7.34. The van der Waals surface area contributed by atoms with Gasteiger partial charge in [-0.25, -0.2) is 9.69 Å². The fourth-order valence-corrected chi connectivity index (χ4v) is 2.49. The Morgan fingerprint density at radius 1 is 1.29 bits per heavy atom. The molecular weight excluding hydrogens is 334 g/mol. The van der Waals surface area contributed by atoms with E-state index >= 15 is 0 Å². The molecule has 0 aliphatic carbocycles. The van der Waals surface area contributed by atoms with Crippen molar-refractivity contribution >= 4 is 35.1 Å². The topological polar surface area (TPSA) is 72.9 Å². The fourth-order valence-electron chi connectivity index (χ4n) is 2.33. The van der Waals surface area contributed by atoms with E-state index in [9.17, 15) is 14.4 Å². The predicted octanol–water partition coefficient (Wildman–Crippen LogP) is 2.88. The molecule has 0 spiro atoms. The molecule has 0 N–H and O–H groups in total. The Bertz CT molecular complexity index is 736. The average Bonchev–Trinajstić information content (AvgIpc) is 2.83. The Kier molecular flexibility index (Phi) is 5.29. The number of allylic oxidation sites excluding steroid dienone is 1. The van der Waals surface area contributed by atoms with Gasteiger partial charge in [0.15, 0.2) is 6.10 Å². The van der Waals surface area contributed by atoms with Crippen molar-refractivity contribution in [2.45, 2.75) is 33.3 Å². The normalized spacial score (nSPS) is 15.5. The number of esters is 1. The summed E-state index contributed by atoms with van der Waals surface area (Å²) in [6.07, 6.45) is -0.806. The molecule has 1 saturated heterocycles. The zero-order chi connectivity index (χ0) is 18.0. The Labute approximate surface area is 145 Å². The summed E-state index contributed by atoms with van der Waals surface area (Å²) in [6, 6.07) is 4.53. The van der Waals surface area contributed by atoms with Crippen LogP contribution in [0.2, 0.25) is 5.02 Å². The van der Waals surface area contributed by atoms with Gasteiger partial charge >= 0.3 is 5.97 Å². The van der Waals surface area contributed by atoms with Crippen molar-refractivity contribution in [3.8, 4) is 5.75 Å². The maximum atomic E-state index is 12.4. The number of amides is 2. The number of rotatable bonds is 4. The molecular formula is C17H18ClNO5. The first kappa shape index (κ1) is 18.0. The summed E-state index contributed by atoms with van der Waals surface area (Å²) in [7, 11) is 1.25. The number of nitrogens with zero attached hydrogens (tertiary/aromatic N) is 1. The van der Waals surface area contributed by atoms with Gasteiger partial charge in [0, 0.05) is 11.6 Å². The molecule has 1 aromatic rings. The van der Waals surface area contributed by atoms with Crippen LogP contribution >= 0.6 is 11.6 Å². The van der Waals surface area contributed by atoms with E-state index in [2.05, 4.69) is 4.74 Å². The third kappa shape index (κ3) is 3.43. The number of anilines is 1. The highest BCUT2D eigenvalue weighted by molar-refractivity contribution is 6.32. The number of methoxy groups -OCH3 is 1. The minimum absolute atomic E-state index is 0.0680. The van der Waals surface area contributed by atoms with Crippen molar-refractivity contribution in [2.24, 2.45) is 0 Å². The average molecular weight is 352 g/mol. The van der Waals surface area contributed by atoms with Crippen LogP contribution in [0.25, 0.3) is 0 Å². The van der Waals surface area contributed by atoms with E-state index in [0.29, 0.717) is 11.3 Å². The molecule has 1 aromatic carbocycles. The maximum Gasteiger partial charge on any atom is 0.346 e. The molecule has 6 nitrogen and oxygen atoms in total. The first-order chi connectivity index (χ1) is 11.3. The second kappa shape index (κ2) is 7.05. The van der Waals surface area contributed by atoms with Crippen molar-refractivity contribution in [2.75, 3.05) is 12.0 Å². The second-order valence-electron chi connectivity index (χ2n) is 5.59. The van der Waals surface area contributed by atoms with Gasteiger partial charge < -0.3 is 9.47 Å². The number of carbonyl (C=O) groups excluding carboxylic acids is 3. The third-order valence-electron chi connectivity index (χ3n) is 3.65. The quantitative estimate of drug-likeness (QED) is 0.474. The van der Waals surface area contributed by atoms with Gasteiger partial charge in [-0.3, -0.25) is 9.59 Å². The molecule has 1 unspecified atom stereocenters. The van der Waals surface area contributed by atoms with Crippen LogP contribution in [0.5, 0.6) is 5.75 Å². The standard InChI is InChI=1S/C17H18ClNO5/c1-9(2)12-8-15(20)19(16(12)21)11-5-6-13(18)14(7-11)24-10(3)17(22)23-4/h5-7,10H,8H2,1-4H3. The van der Waals surface area contributed by atoms with E-state index in [-0.39, 0.29) is 29.0 Å². The lowest BCUT2D eigenvalue weighted by molar-refractivity contribution is -0.147. The van der Waals surface area contributed by atoms with Crippen LogP contribution in [0, 0.1) is 0 Å². The van der Waals surface area contributed by atoms with Crippen LogP contribution < -0.4 is 9.64 Å². The van der Waals surface area contributed by atoms with Crippen LogP contribution in [0.3, 0.4) is 0 Å². The van der Waals surface area contributed by atoms with Crippen LogP contribution in [0.4, 0.5) is 5.69 Å². The Morgan fingerprint density at radius 2 is 1.96 bits per heavy atom. The summed E-state index contributed by atoms with van der Waals surface area (Å²) in [6.45, 7) is 5.10. The predicted molar refractivity (Wildman–Crippen MR) is 89.0 cm³/mol. The Morgan fingerprint density at radius 3 is 2.50 bits per heavy atom. The molecule has 2 rings (SSSR count). The lowest BCUT2D eigenvalue weighted by atomic mass is 10.1. The van der Waals surface area contributed by atoms with Crippen molar-refractivity contribution in [3.63, 3.8) is 0 Å². The third-order valence-corrected chi connectivity index (χ3v) is 3.96. The van der Waals surface area contributed by atoms with Crippen LogP contribution in [-0.4, -0.2) is 31.0 Å². The number of ether oxygens (including phenoxy) is 2. The van der Waals surface area contributed by atoms with Crippen LogP contribution in [0.15, 0.2) is 29.3 Å². The smallest absolute Gasteiger partial charge is 0.346 e. The molecule has 1 aliphatic heterocycles. The molecule has 128 valence electrons. The van der Waals surface area contributed by atoms with Gasteiger partial charge in [0.1, 0.15) is 5.75 Å². The molecule has 7 heteroatoms. The molecule has 0 bridgehead atoms. The van der Waals surface area contributed by atoms with Gasteiger partial charge in [-0.15, -0.1) is 0 Å². The highest BCUT2D eigenvalue weighted by atomic mass is 35.5. The van der Waals surface area contributed by atoms with Crippen molar-refractivity contribution in [1.82, 2.24) is 0 Å². The maximum absolute atomic E-state index is 12.4. The molecule has 1 aliphatic rings. The van der Waals surface area contributed by atoms with Crippen LogP contribution in [-0.2, 0) is 19.1 Å².